The van der Waals surface area contributed by atoms with Crippen molar-refractivity contribution in [2.45, 2.75) is 33.2 Å². The Labute approximate surface area is 113 Å². The van der Waals surface area contributed by atoms with Crippen LogP contribution in [0.4, 0.5) is 11.4 Å². The predicted molar refractivity (Wildman–Crippen MR) is 76.8 cm³/mol. The topological polar surface area (TPSA) is 84.2 Å². The largest absolute Gasteiger partial charge is 0.326 e. The van der Waals surface area contributed by atoms with Crippen LogP contribution in [0, 0.1) is 5.92 Å². The lowest BCUT2D eigenvalue weighted by Gasteiger charge is -2.10. The zero-order valence-corrected chi connectivity index (χ0v) is 11.6. The van der Waals surface area contributed by atoms with E-state index in [0.29, 0.717) is 23.7 Å². The molecule has 0 aliphatic carbocycles. The zero-order valence-electron chi connectivity index (χ0n) is 11.6. The van der Waals surface area contributed by atoms with Crippen LogP contribution in [0.5, 0.6) is 0 Å². The SMILES string of the molecule is CC(C)CC(=O)Nc1ccc(NC(=O)C(C)N)cc1. The molecule has 5 heteroatoms. The lowest BCUT2D eigenvalue weighted by Crippen LogP contribution is -2.32. The standard InChI is InChI=1S/C14H21N3O2/c1-9(2)8-13(18)16-11-4-6-12(7-5-11)17-14(19)10(3)15/h4-7,9-10H,8,15H2,1-3H3,(H,16,18)(H,17,19). The number of carbonyl (C=O) groups excluding carboxylic acids is 2. The van der Waals surface area contributed by atoms with E-state index >= 15 is 0 Å². The Morgan fingerprint density at radius 2 is 1.53 bits per heavy atom. The minimum atomic E-state index is -0.551. The van der Waals surface area contributed by atoms with Crippen molar-refractivity contribution in [2.24, 2.45) is 11.7 Å². The van der Waals surface area contributed by atoms with Crippen molar-refractivity contribution in [3.8, 4) is 0 Å². The lowest BCUT2D eigenvalue weighted by atomic mass is 10.1. The maximum Gasteiger partial charge on any atom is 0.240 e. The third-order valence-electron chi connectivity index (χ3n) is 2.44. The van der Waals surface area contributed by atoms with Gasteiger partial charge in [-0.1, -0.05) is 13.8 Å². The summed E-state index contributed by atoms with van der Waals surface area (Å²) >= 11 is 0. The van der Waals surface area contributed by atoms with Crippen LogP contribution in [0.15, 0.2) is 24.3 Å². The van der Waals surface area contributed by atoms with E-state index in [9.17, 15) is 9.59 Å². The van der Waals surface area contributed by atoms with Crippen molar-refractivity contribution in [1.82, 2.24) is 0 Å². The molecule has 0 spiro atoms. The molecule has 0 fully saturated rings. The molecule has 104 valence electrons. The first-order valence-corrected chi connectivity index (χ1v) is 6.35. The highest BCUT2D eigenvalue weighted by Gasteiger charge is 2.08. The number of rotatable bonds is 5. The molecule has 1 rings (SSSR count). The van der Waals surface area contributed by atoms with Crippen LogP contribution >= 0.6 is 0 Å². The highest BCUT2D eigenvalue weighted by atomic mass is 16.2. The molecule has 1 atom stereocenters. The Hall–Kier alpha value is -1.88. The maximum atomic E-state index is 11.6. The van der Waals surface area contributed by atoms with Gasteiger partial charge in [-0.2, -0.15) is 0 Å². The zero-order chi connectivity index (χ0) is 14.4. The molecule has 0 aliphatic heterocycles. The molecule has 1 unspecified atom stereocenters. The molecule has 19 heavy (non-hydrogen) atoms. The van der Waals surface area contributed by atoms with Crippen LogP contribution in [0.2, 0.25) is 0 Å². The van der Waals surface area contributed by atoms with E-state index in [1.807, 2.05) is 13.8 Å². The van der Waals surface area contributed by atoms with Gasteiger partial charge in [0.15, 0.2) is 0 Å². The molecule has 4 N–H and O–H groups in total. The van der Waals surface area contributed by atoms with Crippen molar-refractivity contribution in [1.29, 1.82) is 0 Å². The minimum absolute atomic E-state index is 0.0117. The highest BCUT2D eigenvalue weighted by Crippen LogP contribution is 2.14. The Morgan fingerprint density at radius 1 is 1.05 bits per heavy atom. The summed E-state index contributed by atoms with van der Waals surface area (Å²) in [6, 6.07) is 6.39. The van der Waals surface area contributed by atoms with E-state index in [0.717, 1.165) is 0 Å². The molecule has 0 saturated heterocycles. The number of nitrogens with one attached hydrogen (secondary N) is 2. The second kappa shape index (κ2) is 6.89. The van der Waals surface area contributed by atoms with Crippen molar-refractivity contribution in [3.05, 3.63) is 24.3 Å². The first-order chi connectivity index (χ1) is 8.88. The number of hydrogen-bond donors (Lipinski definition) is 3. The quantitative estimate of drug-likeness (QED) is 0.759. The molecule has 0 saturated carbocycles. The lowest BCUT2D eigenvalue weighted by molar-refractivity contribution is -0.117. The molecule has 1 aromatic rings. The van der Waals surface area contributed by atoms with Crippen molar-refractivity contribution >= 4 is 23.2 Å². The van der Waals surface area contributed by atoms with Crippen LogP contribution in [0.3, 0.4) is 0 Å². The van der Waals surface area contributed by atoms with Gasteiger partial charge >= 0.3 is 0 Å². The van der Waals surface area contributed by atoms with Crippen LogP contribution in [-0.2, 0) is 9.59 Å². The maximum absolute atomic E-state index is 11.6. The fourth-order valence-electron chi connectivity index (χ4n) is 1.48. The summed E-state index contributed by atoms with van der Waals surface area (Å²) in [4.78, 5) is 23.0. The molecule has 1 aromatic carbocycles. The molecule has 0 radical (unpaired) electrons. The van der Waals surface area contributed by atoms with Crippen molar-refractivity contribution in [2.75, 3.05) is 10.6 Å². The van der Waals surface area contributed by atoms with Gasteiger partial charge in [-0.3, -0.25) is 9.59 Å². The number of amides is 2. The summed E-state index contributed by atoms with van der Waals surface area (Å²) in [5.74, 6) is 0.0727. The fourth-order valence-corrected chi connectivity index (χ4v) is 1.48. The van der Waals surface area contributed by atoms with Gasteiger partial charge in [0.2, 0.25) is 11.8 Å². The summed E-state index contributed by atoms with van der Waals surface area (Å²) in [7, 11) is 0. The first-order valence-electron chi connectivity index (χ1n) is 6.35. The highest BCUT2D eigenvalue weighted by molar-refractivity contribution is 5.95. The molecule has 2 amide bonds. The van der Waals surface area contributed by atoms with Gasteiger partial charge in [0, 0.05) is 17.8 Å². The van der Waals surface area contributed by atoms with Gasteiger partial charge in [-0.15, -0.1) is 0 Å². The average molecular weight is 263 g/mol. The third kappa shape index (κ3) is 5.52. The van der Waals surface area contributed by atoms with Crippen LogP contribution in [-0.4, -0.2) is 17.9 Å². The monoisotopic (exact) mass is 263 g/mol. The van der Waals surface area contributed by atoms with E-state index in [1.165, 1.54) is 0 Å². The molecular formula is C14H21N3O2. The Balaban J connectivity index is 2.57. The normalized spacial score (nSPS) is 12.1. The molecular weight excluding hydrogens is 242 g/mol. The van der Waals surface area contributed by atoms with Crippen LogP contribution in [0.1, 0.15) is 27.2 Å². The number of benzene rings is 1. The van der Waals surface area contributed by atoms with Crippen molar-refractivity contribution in [3.63, 3.8) is 0 Å². The molecule has 0 bridgehead atoms. The smallest absolute Gasteiger partial charge is 0.240 e. The Bertz CT molecular complexity index is 439. The minimum Gasteiger partial charge on any atom is -0.326 e. The molecule has 0 heterocycles. The Morgan fingerprint density at radius 3 is 1.95 bits per heavy atom. The summed E-state index contributed by atoms with van der Waals surface area (Å²) in [6.45, 7) is 5.61. The summed E-state index contributed by atoms with van der Waals surface area (Å²) in [5, 5.41) is 5.48. The number of anilines is 2. The van der Waals surface area contributed by atoms with Crippen LogP contribution < -0.4 is 16.4 Å². The van der Waals surface area contributed by atoms with E-state index in [4.69, 9.17) is 5.73 Å². The second-order valence-electron chi connectivity index (χ2n) is 5.00. The molecule has 5 nitrogen and oxygen atoms in total. The number of nitrogens with two attached hydrogens (primary N) is 1. The first kappa shape index (κ1) is 15.2. The van der Waals surface area contributed by atoms with E-state index in [-0.39, 0.29) is 11.8 Å². The van der Waals surface area contributed by atoms with E-state index in [2.05, 4.69) is 10.6 Å². The molecule has 0 aliphatic rings. The second-order valence-corrected chi connectivity index (χ2v) is 5.00. The van der Waals surface area contributed by atoms with Crippen molar-refractivity contribution < 1.29 is 9.59 Å². The average Bonchev–Trinajstić information content (AvgIpc) is 2.30. The van der Waals surface area contributed by atoms with Crippen LogP contribution in [0.25, 0.3) is 0 Å². The van der Waals surface area contributed by atoms with Gasteiger partial charge in [-0.05, 0) is 37.1 Å². The summed E-state index contributed by atoms with van der Waals surface area (Å²) in [5.41, 5.74) is 6.83. The van der Waals surface area contributed by atoms with E-state index < -0.39 is 6.04 Å². The van der Waals surface area contributed by atoms with Gasteiger partial charge < -0.3 is 16.4 Å². The number of carbonyl (C=O) groups is 2. The predicted octanol–water partition coefficient (Wildman–Crippen LogP) is 1.96. The number of hydrogen-bond acceptors (Lipinski definition) is 3. The fraction of sp³-hybridized carbons (Fsp3) is 0.429. The van der Waals surface area contributed by atoms with Gasteiger partial charge in [0.1, 0.15) is 0 Å². The third-order valence-corrected chi connectivity index (χ3v) is 2.44. The Kier molecular flexibility index (Phi) is 5.51. The molecule has 0 aromatic heterocycles. The summed E-state index contributed by atoms with van der Waals surface area (Å²) < 4.78 is 0. The van der Waals surface area contributed by atoms with E-state index in [1.54, 1.807) is 31.2 Å². The van der Waals surface area contributed by atoms with Gasteiger partial charge in [0.05, 0.1) is 6.04 Å². The van der Waals surface area contributed by atoms with Gasteiger partial charge in [-0.25, -0.2) is 0 Å². The summed E-state index contributed by atoms with van der Waals surface area (Å²) in [6.07, 6.45) is 0.489. The van der Waals surface area contributed by atoms with Gasteiger partial charge in [0.25, 0.3) is 0 Å².